The van der Waals surface area contributed by atoms with Crippen LogP contribution in [0.25, 0.3) is 0 Å². The largest absolute Gasteiger partial charge is 0.457 e. The van der Waals surface area contributed by atoms with Crippen molar-refractivity contribution in [1.82, 2.24) is 0 Å². The van der Waals surface area contributed by atoms with Crippen LogP contribution in [-0.4, -0.2) is 11.6 Å². The van der Waals surface area contributed by atoms with E-state index in [0.29, 0.717) is 0 Å². The van der Waals surface area contributed by atoms with E-state index in [0.717, 1.165) is 19.3 Å². The maximum atomic E-state index is 11.3. The summed E-state index contributed by atoms with van der Waals surface area (Å²) in [4.78, 5) is 11.3. The van der Waals surface area contributed by atoms with Crippen molar-refractivity contribution in [3.63, 3.8) is 0 Å². The van der Waals surface area contributed by atoms with Crippen molar-refractivity contribution in [1.29, 1.82) is 0 Å². The van der Waals surface area contributed by atoms with E-state index in [1.165, 1.54) is 25.3 Å². The summed E-state index contributed by atoms with van der Waals surface area (Å²) in [5.41, 5.74) is -0.397. The number of carbonyl (C=O) groups is 1. The predicted molar refractivity (Wildman–Crippen MR) is 77.5 cm³/mol. The molecule has 0 rings (SSSR count). The smallest absolute Gasteiger partial charge is 0.330 e. The number of esters is 1. The molecular formula is C16H28O2. The van der Waals surface area contributed by atoms with Crippen LogP contribution in [0.15, 0.2) is 24.3 Å². The van der Waals surface area contributed by atoms with Crippen molar-refractivity contribution in [3.8, 4) is 0 Å². The van der Waals surface area contributed by atoms with Gasteiger partial charge < -0.3 is 4.74 Å². The molecular weight excluding hydrogens is 224 g/mol. The summed E-state index contributed by atoms with van der Waals surface area (Å²) in [6, 6.07) is 0. The van der Waals surface area contributed by atoms with Gasteiger partial charge in [-0.05, 0) is 52.9 Å². The number of hydrogen-bond acceptors (Lipinski definition) is 2. The molecule has 0 radical (unpaired) electrons. The lowest BCUT2D eigenvalue weighted by atomic mass is 10.1. The normalized spacial score (nSPS) is 12.4. The fourth-order valence-electron chi connectivity index (χ4n) is 1.44. The Labute approximate surface area is 112 Å². The molecule has 2 nitrogen and oxygen atoms in total. The van der Waals surface area contributed by atoms with E-state index >= 15 is 0 Å². The molecule has 0 N–H and O–H groups in total. The number of allylic oxidation sites excluding steroid dienone is 3. The lowest BCUT2D eigenvalue weighted by Gasteiger charge is -2.17. The molecule has 0 aliphatic carbocycles. The van der Waals surface area contributed by atoms with E-state index in [4.69, 9.17) is 4.74 Å². The van der Waals surface area contributed by atoms with E-state index < -0.39 is 5.60 Å². The van der Waals surface area contributed by atoms with Crippen LogP contribution in [0.3, 0.4) is 0 Å². The van der Waals surface area contributed by atoms with Crippen molar-refractivity contribution in [3.05, 3.63) is 24.3 Å². The molecule has 0 saturated heterocycles. The fraction of sp³-hybridized carbons (Fsp3) is 0.688. The van der Waals surface area contributed by atoms with Crippen molar-refractivity contribution in [2.24, 2.45) is 0 Å². The van der Waals surface area contributed by atoms with Crippen molar-refractivity contribution in [2.75, 3.05) is 0 Å². The number of unbranched alkanes of at least 4 members (excludes halogenated alkanes) is 4. The first-order chi connectivity index (χ1) is 8.45. The zero-order valence-electron chi connectivity index (χ0n) is 12.4. The first-order valence-electron chi connectivity index (χ1n) is 7.00. The van der Waals surface area contributed by atoms with Gasteiger partial charge in [0.05, 0.1) is 0 Å². The fourth-order valence-corrected chi connectivity index (χ4v) is 1.44. The molecule has 2 heteroatoms. The summed E-state index contributed by atoms with van der Waals surface area (Å²) < 4.78 is 5.17. The molecule has 0 aromatic heterocycles. The van der Waals surface area contributed by atoms with Crippen LogP contribution < -0.4 is 0 Å². The summed E-state index contributed by atoms with van der Waals surface area (Å²) in [6.45, 7) is 7.82. The van der Waals surface area contributed by atoms with Gasteiger partial charge in [0.1, 0.15) is 5.60 Å². The van der Waals surface area contributed by atoms with Gasteiger partial charge in [0.25, 0.3) is 0 Å². The van der Waals surface area contributed by atoms with Gasteiger partial charge in [-0.25, -0.2) is 4.79 Å². The predicted octanol–water partition coefficient (Wildman–Crippen LogP) is 4.80. The van der Waals surface area contributed by atoms with Gasteiger partial charge in [-0.15, -0.1) is 0 Å². The quantitative estimate of drug-likeness (QED) is 0.268. The molecule has 0 fully saturated rings. The van der Waals surface area contributed by atoms with Crippen molar-refractivity contribution < 1.29 is 9.53 Å². The molecule has 0 atom stereocenters. The Bertz CT molecular complexity index is 269. The molecule has 0 spiro atoms. The molecule has 0 heterocycles. The Balaban J connectivity index is 3.51. The molecule has 0 aromatic carbocycles. The maximum absolute atomic E-state index is 11.3. The average Bonchev–Trinajstić information content (AvgIpc) is 2.24. The Kier molecular flexibility index (Phi) is 9.35. The van der Waals surface area contributed by atoms with E-state index in [1.54, 1.807) is 0 Å². The summed E-state index contributed by atoms with van der Waals surface area (Å²) in [6.07, 6.45) is 14.7. The van der Waals surface area contributed by atoms with E-state index in [1.807, 2.05) is 26.8 Å². The highest BCUT2D eigenvalue weighted by Crippen LogP contribution is 2.08. The highest BCUT2D eigenvalue weighted by atomic mass is 16.6. The third-order valence-electron chi connectivity index (χ3n) is 2.27. The van der Waals surface area contributed by atoms with Crippen LogP contribution >= 0.6 is 0 Å². The second-order valence-electron chi connectivity index (χ2n) is 5.48. The maximum Gasteiger partial charge on any atom is 0.330 e. The standard InChI is InChI=1S/C16H28O2/c1-5-6-7-8-9-10-11-12-13-14-15(17)18-16(2,3)4/h7-8,13-14H,5-6,9-12H2,1-4H3. The second kappa shape index (κ2) is 9.93. The van der Waals surface area contributed by atoms with Gasteiger partial charge in [-0.3, -0.25) is 0 Å². The number of ether oxygens (including phenoxy) is 1. The first kappa shape index (κ1) is 16.9. The van der Waals surface area contributed by atoms with Crippen molar-refractivity contribution in [2.45, 2.75) is 71.8 Å². The van der Waals surface area contributed by atoms with Gasteiger partial charge in [0.2, 0.25) is 0 Å². The summed E-state index contributed by atoms with van der Waals surface area (Å²) in [5.74, 6) is -0.245. The van der Waals surface area contributed by atoms with Crippen LogP contribution in [0.1, 0.15) is 66.2 Å². The van der Waals surface area contributed by atoms with Crippen LogP contribution in [0.4, 0.5) is 0 Å². The third-order valence-corrected chi connectivity index (χ3v) is 2.27. The topological polar surface area (TPSA) is 26.3 Å². The van der Waals surface area contributed by atoms with Gasteiger partial charge in [0.15, 0.2) is 0 Å². The molecule has 0 aliphatic heterocycles. The van der Waals surface area contributed by atoms with E-state index in [9.17, 15) is 4.79 Å². The minimum absolute atomic E-state index is 0.245. The first-order valence-corrected chi connectivity index (χ1v) is 7.00. The van der Waals surface area contributed by atoms with Gasteiger partial charge in [-0.2, -0.15) is 0 Å². The highest BCUT2D eigenvalue weighted by molar-refractivity contribution is 5.82. The minimum Gasteiger partial charge on any atom is -0.457 e. The van der Waals surface area contributed by atoms with Gasteiger partial charge >= 0.3 is 5.97 Å². The van der Waals surface area contributed by atoms with Crippen LogP contribution in [0, 0.1) is 0 Å². The molecule has 0 aliphatic rings. The Hall–Kier alpha value is -1.05. The summed E-state index contributed by atoms with van der Waals surface area (Å²) in [7, 11) is 0. The Morgan fingerprint density at radius 1 is 1.00 bits per heavy atom. The lowest BCUT2D eigenvalue weighted by Crippen LogP contribution is -2.22. The van der Waals surface area contributed by atoms with Crippen LogP contribution in [0.5, 0.6) is 0 Å². The number of hydrogen-bond donors (Lipinski definition) is 0. The monoisotopic (exact) mass is 252 g/mol. The number of carbonyl (C=O) groups excluding carboxylic acids is 1. The Morgan fingerprint density at radius 3 is 2.11 bits per heavy atom. The minimum atomic E-state index is -0.397. The zero-order valence-corrected chi connectivity index (χ0v) is 12.4. The van der Waals surface area contributed by atoms with Gasteiger partial charge in [-0.1, -0.05) is 31.6 Å². The molecule has 104 valence electrons. The van der Waals surface area contributed by atoms with Gasteiger partial charge in [0, 0.05) is 6.08 Å². The van der Waals surface area contributed by atoms with E-state index in [-0.39, 0.29) is 5.97 Å². The molecule has 0 aromatic rings. The zero-order chi connectivity index (χ0) is 13.9. The third kappa shape index (κ3) is 13.0. The van der Waals surface area contributed by atoms with Crippen molar-refractivity contribution >= 4 is 5.97 Å². The SMILES string of the molecule is CCCC=CCCCCC=CC(=O)OC(C)(C)C. The lowest BCUT2D eigenvalue weighted by molar-refractivity contribution is -0.148. The molecule has 18 heavy (non-hydrogen) atoms. The second-order valence-corrected chi connectivity index (χ2v) is 5.48. The summed E-state index contributed by atoms with van der Waals surface area (Å²) >= 11 is 0. The summed E-state index contributed by atoms with van der Waals surface area (Å²) in [5, 5.41) is 0. The average molecular weight is 252 g/mol. The Morgan fingerprint density at radius 2 is 1.56 bits per heavy atom. The van der Waals surface area contributed by atoms with Crippen LogP contribution in [-0.2, 0) is 9.53 Å². The molecule has 0 bridgehead atoms. The highest BCUT2D eigenvalue weighted by Gasteiger charge is 2.13. The molecule has 0 saturated carbocycles. The molecule has 0 amide bonds. The van der Waals surface area contributed by atoms with Crippen LogP contribution in [0.2, 0.25) is 0 Å². The molecule has 0 unspecified atom stereocenters. The number of rotatable bonds is 8. The van der Waals surface area contributed by atoms with E-state index in [2.05, 4.69) is 19.1 Å².